The number of carbonyl (C=O) groups is 3. The summed E-state index contributed by atoms with van der Waals surface area (Å²) in [6, 6.07) is 14.0. The van der Waals surface area contributed by atoms with Crippen molar-refractivity contribution in [3.63, 3.8) is 0 Å². The van der Waals surface area contributed by atoms with Crippen LogP contribution in [0.25, 0.3) is 10.8 Å². The molecule has 158 valence electrons. The van der Waals surface area contributed by atoms with Gasteiger partial charge < -0.3 is 15.0 Å². The van der Waals surface area contributed by atoms with Crippen LogP contribution in [-0.2, 0) is 25.5 Å². The van der Waals surface area contributed by atoms with Gasteiger partial charge in [-0.25, -0.2) is 4.79 Å². The lowest BCUT2D eigenvalue weighted by Gasteiger charge is -2.31. The quantitative estimate of drug-likeness (QED) is 0.746. The van der Waals surface area contributed by atoms with Gasteiger partial charge >= 0.3 is 5.97 Å². The Morgan fingerprint density at radius 2 is 2.00 bits per heavy atom. The molecule has 6 heteroatoms. The van der Waals surface area contributed by atoms with Crippen molar-refractivity contribution in [1.82, 2.24) is 10.2 Å². The second-order valence-corrected chi connectivity index (χ2v) is 8.41. The molecule has 1 N–H and O–H groups in total. The Morgan fingerprint density at radius 3 is 2.77 bits per heavy atom. The number of carbonyl (C=O) groups excluding carboxylic acids is 3. The van der Waals surface area contributed by atoms with Crippen molar-refractivity contribution < 1.29 is 19.1 Å². The number of methoxy groups -OCH3 is 1. The van der Waals surface area contributed by atoms with Gasteiger partial charge in [-0.3, -0.25) is 9.59 Å². The molecule has 2 aliphatic heterocycles. The molecule has 2 atom stereocenters. The molecule has 0 radical (unpaired) electrons. The first-order chi connectivity index (χ1) is 14.5. The summed E-state index contributed by atoms with van der Waals surface area (Å²) in [5.41, 5.74) is 0.744. The third kappa shape index (κ3) is 4.04. The third-order valence-corrected chi connectivity index (χ3v) is 6.51. The highest BCUT2D eigenvalue weighted by Gasteiger charge is 2.40. The van der Waals surface area contributed by atoms with Crippen LogP contribution in [0.1, 0.15) is 44.1 Å². The highest BCUT2D eigenvalue weighted by Crippen LogP contribution is 2.33. The van der Waals surface area contributed by atoms with Crippen LogP contribution in [0.4, 0.5) is 0 Å². The van der Waals surface area contributed by atoms with E-state index in [4.69, 9.17) is 4.74 Å². The SMILES string of the molecule is COC(=O)[C@@H]1CCCN1C(=O)CC[C@]1(Cc2cccc3ccccc23)CCC(=O)N1. The maximum atomic E-state index is 12.9. The highest BCUT2D eigenvalue weighted by atomic mass is 16.5. The zero-order valence-electron chi connectivity index (χ0n) is 17.4. The molecule has 0 saturated carbocycles. The number of fused-ring (bicyclic) bond motifs is 1. The topological polar surface area (TPSA) is 75.7 Å². The molecule has 2 saturated heterocycles. The zero-order chi connectivity index (χ0) is 21.1. The number of benzene rings is 2. The second kappa shape index (κ2) is 8.46. The van der Waals surface area contributed by atoms with Crippen molar-refractivity contribution in [2.24, 2.45) is 0 Å². The van der Waals surface area contributed by atoms with Crippen LogP contribution >= 0.6 is 0 Å². The minimum atomic E-state index is -0.477. The molecule has 2 aromatic rings. The molecule has 2 heterocycles. The van der Waals surface area contributed by atoms with Crippen molar-refractivity contribution in [3.8, 4) is 0 Å². The van der Waals surface area contributed by atoms with E-state index < -0.39 is 11.6 Å². The van der Waals surface area contributed by atoms with Gasteiger partial charge in [0.25, 0.3) is 0 Å². The van der Waals surface area contributed by atoms with Gasteiger partial charge in [0, 0.05) is 24.9 Å². The monoisotopic (exact) mass is 408 g/mol. The third-order valence-electron chi connectivity index (χ3n) is 6.51. The van der Waals surface area contributed by atoms with Crippen LogP contribution in [-0.4, -0.2) is 47.9 Å². The van der Waals surface area contributed by atoms with Gasteiger partial charge in [-0.2, -0.15) is 0 Å². The van der Waals surface area contributed by atoms with E-state index in [1.165, 1.54) is 23.4 Å². The zero-order valence-corrected chi connectivity index (χ0v) is 17.4. The Labute approximate surface area is 176 Å². The summed E-state index contributed by atoms with van der Waals surface area (Å²) in [6.07, 6.45) is 4.20. The van der Waals surface area contributed by atoms with Gasteiger partial charge in [0.1, 0.15) is 6.04 Å². The van der Waals surface area contributed by atoms with Crippen LogP contribution in [0, 0.1) is 0 Å². The molecular formula is C24H28N2O4. The molecule has 30 heavy (non-hydrogen) atoms. The molecule has 0 aromatic heterocycles. The number of esters is 1. The molecule has 0 bridgehead atoms. The van der Waals surface area contributed by atoms with E-state index in [-0.39, 0.29) is 17.8 Å². The Morgan fingerprint density at radius 1 is 1.20 bits per heavy atom. The Kier molecular flexibility index (Phi) is 5.75. The lowest BCUT2D eigenvalue weighted by Crippen LogP contribution is -2.46. The maximum Gasteiger partial charge on any atom is 0.328 e. The number of likely N-dealkylation sites (tertiary alicyclic amines) is 1. The van der Waals surface area contributed by atoms with Crippen LogP contribution in [0.5, 0.6) is 0 Å². The first-order valence-corrected chi connectivity index (χ1v) is 10.7. The maximum absolute atomic E-state index is 12.9. The molecule has 2 aliphatic rings. The Bertz CT molecular complexity index is 967. The minimum absolute atomic E-state index is 0.0382. The summed E-state index contributed by atoms with van der Waals surface area (Å²) < 4.78 is 4.86. The smallest absolute Gasteiger partial charge is 0.328 e. The molecule has 4 rings (SSSR count). The minimum Gasteiger partial charge on any atom is -0.467 e. The van der Waals surface area contributed by atoms with Crippen LogP contribution in [0.15, 0.2) is 42.5 Å². The average Bonchev–Trinajstić information content (AvgIpc) is 3.39. The highest BCUT2D eigenvalue weighted by molar-refractivity contribution is 5.87. The first kappa shape index (κ1) is 20.4. The number of ether oxygens (including phenoxy) is 1. The van der Waals surface area contributed by atoms with Gasteiger partial charge in [0.2, 0.25) is 11.8 Å². The standard InChI is InChI=1S/C24H28N2O4/c1-30-23(29)20-10-5-15-26(20)22(28)12-14-24(13-11-21(27)25-24)16-18-8-4-7-17-6-2-3-9-19(17)18/h2-4,6-9,20H,5,10-16H2,1H3,(H,25,27)/t20-,24-/m0/s1. The van der Waals surface area contributed by atoms with E-state index in [9.17, 15) is 14.4 Å². The van der Waals surface area contributed by atoms with Gasteiger partial charge in [0.15, 0.2) is 0 Å². The molecular weight excluding hydrogens is 380 g/mol. The van der Waals surface area contributed by atoms with Crippen molar-refractivity contribution in [3.05, 3.63) is 48.0 Å². The fourth-order valence-corrected chi connectivity index (χ4v) is 4.93. The predicted molar refractivity (Wildman–Crippen MR) is 114 cm³/mol. The fourth-order valence-electron chi connectivity index (χ4n) is 4.93. The van der Waals surface area contributed by atoms with Gasteiger partial charge in [0.05, 0.1) is 7.11 Å². The lowest BCUT2D eigenvalue weighted by molar-refractivity contribution is -0.151. The lowest BCUT2D eigenvalue weighted by atomic mass is 9.83. The van der Waals surface area contributed by atoms with Crippen LogP contribution in [0.2, 0.25) is 0 Å². The van der Waals surface area contributed by atoms with Crippen LogP contribution in [0.3, 0.4) is 0 Å². The molecule has 0 spiro atoms. The summed E-state index contributed by atoms with van der Waals surface area (Å²) >= 11 is 0. The van der Waals surface area contributed by atoms with E-state index in [0.29, 0.717) is 45.1 Å². The van der Waals surface area contributed by atoms with Crippen LogP contribution < -0.4 is 5.32 Å². The molecule has 2 fully saturated rings. The van der Waals surface area contributed by atoms with Gasteiger partial charge in [-0.1, -0.05) is 42.5 Å². The summed E-state index contributed by atoms with van der Waals surface area (Å²) in [4.78, 5) is 38.7. The molecule has 6 nitrogen and oxygen atoms in total. The fraction of sp³-hybridized carbons (Fsp3) is 0.458. The summed E-state index contributed by atoms with van der Waals surface area (Å²) in [5.74, 6) is -0.349. The Hall–Kier alpha value is -2.89. The average molecular weight is 408 g/mol. The van der Waals surface area contributed by atoms with Crippen molar-refractivity contribution in [2.45, 2.75) is 56.5 Å². The van der Waals surface area contributed by atoms with E-state index in [2.05, 4.69) is 29.6 Å². The van der Waals surface area contributed by atoms with E-state index in [1.54, 1.807) is 4.90 Å². The second-order valence-electron chi connectivity index (χ2n) is 8.41. The number of hydrogen-bond donors (Lipinski definition) is 1. The Balaban J connectivity index is 1.51. The van der Waals surface area contributed by atoms with Crippen molar-refractivity contribution in [2.75, 3.05) is 13.7 Å². The first-order valence-electron chi connectivity index (χ1n) is 10.7. The molecule has 2 aromatic carbocycles. The molecule has 0 unspecified atom stereocenters. The summed E-state index contributed by atoms with van der Waals surface area (Å²) in [5, 5.41) is 5.52. The number of rotatable bonds is 6. The molecule has 2 amide bonds. The number of nitrogens with zero attached hydrogens (tertiary/aromatic N) is 1. The summed E-state index contributed by atoms with van der Waals surface area (Å²) in [6.45, 7) is 0.585. The number of hydrogen-bond acceptors (Lipinski definition) is 4. The number of nitrogens with one attached hydrogen (secondary N) is 1. The predicted octanol–water partition coefficient (Wildman–Crippen LogP) is 2.98. The normalized spacial score (nSPS) is 23.6. The molecule has 0 aliphatic carbocycles. The van der Waals surface area contributed by atoms with Gasteiger partial charge in [-0.15, -0.1) is 0 Å². The van der Waals surface area contributed by atoms with Crippen molar-refractivity contribution >= 4 is 28.6 Å². The summed E-state index contributed by atoms with van der Waals surface area (Å²) in [7, 11) is 1.36. The van der Waals surface area contributed by atoms with E-state index in [1.807, 2.05) is 18.2 Å². The van der Waals surface area contributed by atoms with Gasteiger partial charge in [-0.05, 0) is 48.4 Å². The number of amides is 2. The van der Waals surface area contributed by atoms with E-state index in [0.717, 1.165) is 6.42 Å². The largest absolute Gasteiger partial charge is 0.467 e. The van der Waals surface area contributed by atoms with Crippen molar-refractivity contribution in [1.29, 1.82) is 0 Å². The van der Waals surface area contributed by atoms with E-state index >= 15 is 0 Å².